The molecule has 2 aromatic heterocycles. The fraction of sp³-hybridized carbons (Fsp3) is 0.529. The molecule has 7 nitrogen and oxygen atoms in total. The van der Waals surface area contributed by atoms with Gasteiger partial charge in [0.1, 0.15) is 5.60 Å². The molecule has 0 saturated carbocycles. The number of nitrogens with one attached hydrogen (secondary N) is 1. The molecule has 1 N–H and O–H groups in total. The number of hydrogen-bond donors (Lipinski definition) is 1. The van der Waals surface area contributed by atoms with E-state index in [1.165, 1.54) is 0 Å². The Labute approximate surface area is 151 Å². The minimum absolute atomic E-state index is 0.0770. The molecule has 1 atom stereocenters. The maximum atomic E-state index is 12.3. The van der Waals surface area contributed by atoms with Gasteiger partial charge in [-0.2, -0.15) is 0 Å². The lowest BCUT2D eigenvalue weighted by atomic mass is 10.1. The normalized spacial score (nSPS) is 18.2. The minimum atomic E-state index is -0.498. The second-order valence-corrected chi connectivity index (χ2v) is 7.53. The molecule has 8 heteroatoms. The van der Waals surface area contributed by atoms with Crippen LogP contribution >= 0.6 is 11.6 Å². The van der Waals surface area contributed by atoms with Crippen LogP contribution in [-0.2, 0) is 4.74 Å². The van der Waals surface area contributed by atoms with Crippen molar-refractivity contribution >= 4 is 34.3 Å². The molecule has 1 saturated heterocycles. The quantitative estimate of drug-likeness (QED) is 0.879. The third-order valence-electron chi connectivity index (χ3n) is 3.95. The molecule has 0 aromatic carbocycles. The highest BCUT2D eigenvalue weighted by atomic mass is 35.5. The van der Waals surface area contributed by atoms with Crippen molar-refractivity contribution in [1.82, 2.24) is 20.1 Å². The Balaban J connectivity index is 1.73. The first-order valence-electron chi connectivity index (χ1n) is 8.34. The van der Waals surface area contributed by atoms with Gasteiger partial charge in [0, 0.05) is 42.3 Å². The molecule has 134 valence electrons. The smallest absolute Gasteiger partial charge is 0.410 e. The molecule has 1 aliphatic heterocycles. The van der Waals surface area contributed by atoms with Crippen molar-refractivity contribution in [3.63, 3.8) is 0 Å². The number of hydrogen-bond acceptors (Lipinski definition) is 6. The van der Waals surface area contributed by atoms with Crippen LogP contribution in [0.3, 0.4) is 0 Å². The van der Waals surface area contributed by atoms with E-state index in [9.17, 15) is 4.79 Å². The molecule has 0 bridgehead atoms. The molecule has 3 heterocycles. The zero-order valence-corrected chi connectivity index (χ0v) is 15.4. The molecular weight excluding hydrogens is 342 g/mol. The third-order valence-corrected chi connectivity index (χ3v) is 4.23. The highest BCUT2D eigenvalue weighted by molar-refractivity contribution is 6.34. The number of amides is 1. The van der Waals surface area contributed by atoms with Gasteiger partial charge in [-0.15, -0.1) is 10.2 Å². The van der Waals surface area contributed by atoms with Crippen LogP contribution in [-0.4, -0.2) is 50.9 Å². The summed E-state index contributed by atoms with van der Waals surface area (Å²) in [5.74, 6) is 0.651. The van der Waals surface area contributed by atoms with Crippen LogP contribution in [0.2, 0.25) is 5.15 Å². The van der Waals surface area contributed by atoms with Crippen molar-refractivity contribution in [2.45, 2.75) is 45.3 Å². The minimum Gasteiger partial charge on any atom is -0.444 e. The summed E-state index contributed by atoms with van der Waals surface area (Å²) < 4.78 is 5.47. The Morgan fingerprint density at radius 3 is 2.92 bits per heavy atom. The average Bonchev–Trinajstić information content (AvgIpc) is 2.56. The van der Waals surface area contributed by atoms with Crippen LogP contribution in [0, 0.1) is 0 Å². The summed E-state index contributed by atoms with van der Waals surface area (Å²) in [7, 11) is 0. The second kappa shape index (κ2) is 7.00. The van der Waals surface area contributed by atoms with E-state index >= 15 is 0 Å². The number of rotatable bonds is 2. The first kappa shape index (κ1) is 17.7. The summed E-state index contributed by atoms with van der Waals surface area (Å²) in [5.41, 5.74) is -0.498. The maximum absolute atomic E-state index is 12.3. The SMILES string of the molecule is CC(C)(C)OC(=O)N1CCCC(Nc2nnc(Cl)c3cnccc23)C1. The van der Waals surface area contributed by atoms with E-state index in [2.05, 4.69) is 20.5 Å². The molecule has 3 rings (SSSR count). The molecule has 2 aromatic rings. The maximum Gasteiger partial charge on any atom is 0.410 e. The van der Waals surface area contributed by atoms with Crippen molar-refractivity contribution in [3.05, 3.63) is 23.6 Å². The molecular formula is C17H22ClN5O2. The molecule has 1 unspecified atom stereocenters. The third kappa shape index (κ3) is 4.28. The molecule has 0 radical (unpaired) electrons. The van der Waals surface area contributed by atoms with Crippen LogP contribution < -0.4 is 5.32 Å². The van der Waals surface area contributed by atoms with Gasteiger partial charge in [-0.25, -0.2) is 4.79 Å². The van der Waals surface area contributed by atoms with E-state index < -0.39 is 5.60 Å². The Kier molecular flexibility index (Phi) is 4.94. The summed E-state index contributed by atoms with van der Waals surface area (Å²) in [6.45, 7) is 6.87. The van der Waals surface area contributed by atoms with Crippen molar-refractivity contribution in [2.75, 3.05) is 18.4 Å². The Morgan fingerprint density at radius 2 is 2.16 bits per heavy atom. The van der Waals surface area contributed by atoms with E-state index in [0.29, 0.717) is 24.1 Å². The summed E-state index contributed by atoms with van der Waals surface area (Å²) in [5, 5.41) is 13.5. The van der Waals surface area contributed by atoms with Gasteiger partial charge < -0.3 is 15.0 Å². The van der Waals surface area contributed by atoms with Crippen LogP contribution in [0.1, 0.15) is 33.6 Å². The number of nitrogens with zero attached hydrogens (tertiary/aromatic N) is 4. The summed E-state index contributed by atoms with van der Waals surface area (Å²) in [4.78, 5) is 18.1. The van der Waals surface area contributed by atoms with E-state index in [-0.39, 0.29) is 12.1 Å². The Morgan fingerprint density at radius 1 is 1.36 bits per heavy atom. The number of anilines is 1. The Bertz CT molecular complexity index is 777. The lowest BCUT2D eigenvalue weighted by Gasteiger charge is -2.34. The molecule has 25 heavy (non-hydrogen) atoms. The fourth-order valence-electron chi connectivity index (χ4n) is 2.85. The number of pyridine rings is 1. The lowest BCUT2D eigenvalue weighted by Crippen LogP contribution is -2.47. The zero-order valence-electron chi connectivity index (χ0n) is 14.6. The first-order chi connectivity index (χ1) is 11.8. The van der Waals surface area contributed by atoms with E-state index in [1.807, 2.05) is 26.8 Å². The van der Waals surface area contributed by atoms with Gasteiger partial charge in [0.15, 0.2) is 11.0 Å². The molecule has 1 amide bonds. The van der Waals surface area contributed by atoms with E-state index in [4.69, 9.17) is 16.3 Å². The van der Waals surface area contributed by atoms with E-state index in [0.717, 1.165) is 23.6 Å². The van der Waals surface area contributed by atoms with Crippen molar-refractivity contribution < 1.29 is 9.53 Å². The number of piperidine rings is 1. The standard InChI is InChI=1S/C17H22ClN5O2/c1-17(2,3)25-16(24)23-8-4-5-11(10-23)20-15-12-6-7-19-9-13(12)14(18)21-22-15/h6-7,9,11H,4-5,8,10H2,1-3H3,(H,20,22). The summed E-state index contributed by atoms with van der Waals surface area (Å²) >= 11 is 6.09. The van der Waals surface area contributed by atoms with Crippen molar-refractivity contribution in [1.29, 1.82) is 0 Å². The number of halogens is 1. The van der Waals surface area contributed by atoms with Gasteiger partial charge >= 0.3 is 6.09 Å². The summed E-state index contributed by atoms with van der Waals surface area (Å²) in [6, 6.07) is 1.93. The highest BCUT2D eigenvalue weighted by Gasteiger charge is 2.28. The zero-order chi connectivity index (χ0) is 18.0. The largest absolute Gasteiger partial charge is 0.444 e. The number of carbonyl (C=O) groups excluding carboxylic acids is 1. The van der Waals surface area contributed by atoms with Gasteiger partial charge in [-0.1, -0.05) is 11.6 Å². The molecule has 0 aliphatic carbocycles. The van der Waals surface area contributed by atoms with Crippen molar-refractivity contribution in [2.24, 2.45) is 0 Å². The van der Waals surface area contributed by atoms with Crippen LogP contribution in [0.4, 0.5) is 10.6 Å². The fourth-order valence-corrected chi connectivity index (χ4v) is 3.04. The van der Waals surface area contributed by atoms with Gasteiger partial charge in [0.05, 0.1) is 0 Å². The first-order valence-corrected chi connectivity index (χ1v) is 8.71. The average molecular weight is 364 g/mol. The molecule has 1 aliphatic rings. The van der Waals surface area contributed by atoms with Gasteiger partial charge in [0.2, 0.25) is 0 Å². The van der Waals surface area contributed by atoms with E-state index in [1.54, 1.807) is 17.3 Å². The predicted octanol–water partition coefficient (Wildman–Crippen LogP) is 3.49. The van der Waals surface area contributed by atoms with Crippen LogP contribution in [0.25, 0.3) is 10.8 Å². The number of aromatic nitrogens is 3. The number of ether oxygens (including phenoxy) is 1. The second-order valence-electron chi connectivity index (χ2n) is 7.17. The van der Waals surface area contributed by atoms with Crippen LogP contribution in [0.15, 0.2) is 18.5 Å². The van der Waals surface area contributed by atoms with Crippen molar-refractivity contribution in [3.8, 4) is 0 Å². The van der Waals surface area contributed by atoms with Gasteiger partial charge in [-0.3, -0.25) is 4.98 Å². The van der Waals surface area contributed by atoms with Gasteiger partial charge in [0.25, 0.3) is 0 Å². The number of likely N-dealkylation sites (tertiary alicyclic amines) is 1. The topological polar surface area (TPSA) is 80.2 Å². The predicted molar refractivity (Wildman–Crippen MR) is 96.8 cm³/mol. The monoisotopic (exact) mass is 363 g/mol. The Hall–Kier alpha value is -2.15. The molecule has 1 fully saturated rings. The number of fused-ring (bicyclic) bond motifs is 1. The lowest BCUT2D eigenvalue weighted by molar-refractivity contribution is 0.0206. The number of carbonyl (C=O) groups is 1. The van der Waals surface area contributed by atoms with Crippen LogP contribution in [0.5, 0.6) is 0 Å². The molecule has 0 spiro atoms. The van der Waals surface area contributed by atoms with Gasteiger partial charge in [-0.05, 0) is 39.7 Å². The summed E-state index contributed by atoms with van der Waals surface area (Å²) in [6.07, 6.45) is 4.92. The highest BCUT2D eigenvalue weighted by Crippen LogP contribution is 2.26.